The molecule has 0 spiro atoms. The van der Waals surface area contributed by atoms with Crippen LogP contribution >= 0.6 is 0 Å². The quantitative estimate of drug-likeness (QED) is 0.0868. The van der Waals surface area contributed by atoms with E-state index in [0.29, 0.717) is 75.6 Å². The lowest BCUT2D eigenvalue weighted by Gasteiger charge is -2.36. The van der Waals surface area contributed by atoms with E-state index in [2.05, 4.69) is 54.5 Å². The third-order valence-electron chi connectivity index (χ3n) is 9.64. The standard InChI is InChI=1S/C42H57N3O10S/c1-41(2,3)35-30-32(54-36-29-31(17-18-34(35)36)43(25-27-52-6)26-28-53-7)13-11-15-37-42(4,5)22-21-33(56(49,50)51)14-12-24-44(37)23-10-8-9-16-40(48)55-45-38(46)19-20-39(45)47/h11-15,17-21,29-30H,8-10,16,22-28H2,1-7H3,(H2-,46,47,49,50,51)/p+1. The van der Waals surface area contributed by atoms with Crippen molar-refractivity contribution in [2.45, 2.75) is 72.1 Å². The molecule has 4 rings (SSSR count). The van der Waals surface area contributed by atoms with E-state index >= 15 is 0 Å². The monoisotopic (exact) mass is 796 g/mol. The molecule has 13 nitrogen and oxygen atoms in total. The number of rotatable bonds is 16. The highest BCUT2D eigenvalue weighted by atomic mass is 32.2. The van der Waals surface area contributed by atoms with Crippen molar-refractivity contribution in [3.05, 3.63) is 94.1 Å². The van der Waals surface area contributed by atoms with Crippen LogP contribution in [0.5, 0.6) is 11.8 Å². The highest BCUT2D eigenvalue weighted by molar-refractivity contribution is 7.90. The van der Waals surface area contributed by atoms with Crippen LogP contribution in [-0.4, -0.2) is 92.4 Å². The minimum atomic E-state index is -4.41. The maximum absolute atomic E-state index is 12.4. The Morgan fingerprint density at radius 2 is 1.68 bits per heavy atom. The van der Waals surface area contributed by atoms with Crippen LogP contribution in [0.25, 0.3) is 17.4 Å². The molecule has 3 aliphatic rings. The van der Waals surface area contributed by atoms with Crippen molar-refractivity contribution in [2.75, 3.05) is 53.6 Å². The number of carbonyl (C=O) groups excluding carboxylic acids is 1. The molecule has 0 unspecified atom stereocenters. The molecule has 0 amide bonds. The van der Waals surface area contributed by atoms with Gasteiger partial charge in [-0.15, -0.1) is 4.73 Å². The third-order valence-corrected chi connectivity index (χ3v) is 10.5. The lowest BCUT2D eigenvalue weighted by Crippen LogP contribution is -2.35. The molecule has 3 heterocycles. The first kappa shape index (κ1) is 44.1. The van der Waals surface area contributed by atoms with Crippen LogP contribution < -0.4 is 14.8 Å². The van der Waals surface area contributed by atoms with Gasteiger partial charge in [0, 0.05) is 68.6 Å². The van der Waals surface area contributed by atoms with Crippen molar-refractivity contribution in [3.8, 4) is 23.1 Å². The van der Waals surface area contributed by atoms with E-state index in [1.54, 1.807) is 26.4 Å². The fourth-order valence-electron chi connectivity index (χ4n) is 6.58. The summed E-state index contributed by atoms with van der Waals surface area (Å²) < 4.78 is 54.3. The van der Waals surface area contributed by atoms with Gasteiger partial charge in [0.25, 0.3) is 10.1 Å². The normalized spacial score (nSPS) is 15.9. The van der Waals surface area contributed by atoms with E-state index in [0.717, 1.165) is 27.9 Å². The number of hydrogen-bond donors (Lipinski definition) is 3. The minimum Gasteiger partial charge on any atom is -0.492 e. The first-order chi connectivity index (χ1) is 26.4. The molecule has 1 aliphatic carbocycles. The second-order valence-corrected chi connectivity index (χ2v) is 16.9. The molecule has 56 heavy (non-hydrogen) atoms. The molecule has 0 radical (unpaired) electrons. The van der Waals surface area contributed by atoms with Crippen LogP contribution in [0, 0.1) is 5.41 Å². The predicted molar refractivity (Wildman–Crippen MR) is 216 cm³/mol. The summed E-state index contributed by atoms with van der Waals surface area (Å²) in [6.07, 6.45) is 12.9. The highest BCUT2D eigenvalue weighted by Gasteiger charge is 2.29. The van der Waals surface area contributed by atoms with Gasteiger partial charge in [0.15, 0.2) is 13.1 Å². The number of carbonyl (C=O) groups is 1. The summed E-state index contributed by atoms with van der Waals surface area (Å²) in [6.45, 7) is 14.1. The van der Waals surface area contributed by atoms with Gasteiger partial charge >= 0.3 is 5.97 Å². The molecule has 0 bridgehead atoms. The summed E-state index contributed by atoms with van der Waals surface area (Å²) >= 11 is 0. The average molecular weight is 797 g/mol. The van der Waals surface area contributed by atoms with Crippen LogP contribution in [0.4, 0.5) is 0 Å². The van der Waals surface area contributed by atoms with E-state index in [1.807, 2.05) is 32.1 Å². The number of methoxy groups -OCH3 is 2. The summed E-state index contributed by atoms with van der Waals surface area (Å²) in [5, 5.41) is 20.5. The Bertz CT molecular complexity index is 2050. The maximum Gasteiger partial charge on any atom is 0.333 e. The largest absolute Gasteiger partial charge is 0.492 e. The number of ether oxygens (including phenoxy) is 2. The van der Waals surface area contributed by atoms with Gasteiger partial charge in [-0.05, 0) is 60.6 Å². The summed E-state index contributed by atoms with van der Waals surface area (Å²) in [5.74, 6) is 0.0803. The molecular formula is C42H58N3O10S+. The zero-order valence-corrected chi connectivity index (χ0v) is 34.5. The van der Waals surface area contributed by atoms with Crippen molar-refractivity contribution >= 4 is 22.2 Å². The van der Waals surface area contributed by atoms with Crippen LogP contribution in [0.1, 0.15) is 78.0 Å². The number of fused-ring (bicyclic) bond motifs is 1. The molecule has 1 aromatic rings. The molecule has 1 aromatic heterocycles. The zero-order valence-electron chi connectivity index (χ0n) is 33.7. The van der Waals surface area contributed by atoms with E-state index < -0.39 is 21.5 Å². The minimum absolute atomic E-state index is 0.0845. The lowest BCUT2D eigenvalue weighted by molar-refractivity contribution is -0.145. The van der Waals surface area contributed by atoms with Gasteiger partial charge in [0.1, 0.15) is 24.7 Å². The van der Waals surface area contributed by atoms with E-state index in [1.165, 1.54) is 18.2 Å². The van der Waals surface area contributed by atoms with Gasteiger partial charge in [-0.1, -0.05) is 59.3 Å². The van der Waals surface area contributed by atoms with Crippen molar-refractivity contribution in [1.29, 1.82) is 0 Å². The predicted octanol–water partition coefficient (Wildman–Crippen LogP) is 6.13. The van der Waals surface area contributed by atoms with Gasteiger partial charge in [0.05, 0.1) is 11.0 Å². The molecule has 306 valence electrons. The molecule has 3 N–H and O–H groups in total. The van der Waals surface area contributed by atoms with Crippen LogP contribution in [0.3, 0.4) is 0 Å². The Hall–Kier alpha value is -4.63. The maximum atomic E-state index is 12.4. The van der Waals surface area contributed by atoms with Crippen molar-refractivity contribution in [2.24, 2.45) is 5.41 Å². The fourth-order valence-corrected chi connectivity index (χ4v) is 7.14. The number of benzene rings is 1. The van der Waals surface area contributed by atoms with Crippen LogP contribution in [0.15, 0.2) is 81.8 Å². The number of aromatic hydroxyl groups is 2. The summed E-state index contributed by atoms with van der Waals surface area (Å²) in [5.41, 5.74) is 2.40. The average Bonchev–Trinajstić information content (AvgIpc) is 3.46. The Balaban J connectivity index is 1.65. The first-order valence-electron chi connectivity index (χ1n) is 18.9. The van der Waals surface area contributed by atoms with Crippen molar-refractivity contribution < 1.29 is 46.7 Å². The van der Waals surface area contributed by atoms with Crippen LogP contribution in [0.2, 0.25) is 0 Å². The molecule has 0 fully saturated rings. The second kappa shape index (κ2) is 19.5. The third kappa shape index (κ3) is 12.2. The topological polar surface area (TPSA) is 164 Å². The smallest absolute Gasteiger partial charge is 0.333 e. The number of unbranched alkanes of at least 4 members (excludes halogenated alkanes) is 2. The number of allylic oxidation sites excluding steroid dienone is 5. The van der Waals surface area contributed by atoms with Crippen molar-refractivity contribution in [1.82, 2.24) is 14.2 Å². The molecular weight excluding hydrogens is 739 g/mol. The number of aromatic nitrogens is 1. The summed E-state index contributed by atoms with van der Waals surface area (Å²) in [7, 11) is -1.04. The van der Waals surface area contributed by atoms with E-state index in [-0.39, 0.29) is 28.5 Å². The van der Waals surface area contributed by atoms with Crippen molar-refractivity contribution in [3.63, 3.8) is 0 Å². The van der Waals surface area contributed by atoms with Crippen LogP contribution in [-0.2, 0) is 29.8 Å². The zero-order chi connectivity index (χ0) is 41.1. The molecule has 0 saturated carbocycles. The second-order valence-electron chi connectivity index (χ2n) is 15.5. The van der Waals surface area contributed by atoms with E-state index in [9.17, 15) is 28.0 Å². The van der Waals surface area contributed by atoms with Gasteiger partial charge in [-0.25, -0.2) is 9.37 Å². The summed E-state index contributed by atoms with van der Waals surface area (Å²) in [6, 6.07) is 10.8. The van der Waals surface area contributed by atoms with Gasteiger partial charge in [-0.3, -0.25) is 4.55 Å². The number of hydrogen-bond acceptors (Lipinski definition) is 10. The fraction of sp³-hybridized carbons (Fsp3) is 0.476. The van der Waals surface area contributed by atoms with Gasteiger partial charge in [-0.2, -0.15) is 8.42 Å². The number of nitrogens with zero attached hydrogens (tertiary/aromatic N) is 3. The Morgan fingerprint density at radius 1 is 1.00 bits per heavy atom. The van der Waals surface area contributed by atoms with Gasteiger partial charge < -0.3 is 33.8 Å². The SMILES string of the molecule is COCC[N+](CCOC)=c1ccc2c(C(C)(C)C)cc(C=CC=C3N(CCCCCC(=O)On4c(O)ccc4O)CC=CC(S(=O)(=O)O)=CCC3(C)C)oc-2c1. The molecule has 0 aromatic carbocycles. The Kier molecular flexibility index (Phi) is 15.3. The first-order valence-corrected chi connectivity index (χ1v) is 20.3. The molecule has 14 heteroatoms. The highest BCUT2D eigenvalue weighted by Crippen LogP contribution is 2.37. The Morgan fingerprint density at radius 3 is 2.30 bits per heavy atom. The van der Waals surface area contributed by atoms with E-state index in [4.69, 9.17) is 18.7 Å². The molecule has 2 aliphatic heterocycles. The van der Waals surface area contributed by atoms with Gasteiger partial charge in [0.2, 0.25) is 17.1 Å². The molecule has 0 saturated heterocycles. The Labute approximate surface area is 330 Å². The lowest BCUT2D eigenvalue weighted by atomic mass is 9.82. The molecule has 0 atom stereocenters. The summed E-state index contributed by atoms with van der Waals surface area (Å²) in [4.78, 5) is 19.5.